The van der Waals surface area contributed by atoms with Gasteiger partial charge in [0.25, 0.3) is 5.91 Å². The highest BCUT2D eigenvalue weighted by Gasteiger charge is 2.35. The molecule has 0 spiro atoms. The second-order valence-electron chi connectivity index (χ2n) is 9.97. The van der Waals surface area contributed by atoms with E-state index in [2.05, 4.69) is 35.6 Å². The van der Waals surface area contributed by atoms with Crippen LogP contribution < -0.4 is 14.4 Å². The van der Waals surface area contributed by atoms with Crippen LogP contribution in [0.4, 0.5) is 5.69 Å². The highest BCUT2D eigenvalue weighted by atomic mass is 32.2. The third kappa shape index (κ3) is 5.67. The lowest BCUT2D eigenvalue weighted by atomic mass is 9.86. The van der Waals surface area contributed by atoms with Crippen LogP contribution in [0.2, 0.25) is 0 Å². The molecular formula is C26H32N4O4S. The normalized spacial score (nSPS) is 15.9. The maximum absolute atomic E-state index is 12.9. The van der Waals surface area contributed by atoms with Crippen molar-refractivity contribution < 1.29 is 17.9 Å². The lowest BCUT2D eigenvalue weighted by molar-refractivity contribution is -0.127. The number of nitrogens with zero attached hydrogens (tertiary/aromatic N) is 3. The molecule has 1 aliphatic heterocycles. The zero-order valence-electron chi connectivity index (χ0n) is 20.8. The van der Waals surface area contributed by atoms with Gasteiger partial charge in [0, 0.05) is 25.5 Å². The van der Waals surface area contributed by atoms with Gasteiger partial charge in [-0.3, -0.25) is 9.10 Å². The third-order valence-corrected chi connectivity index (χ3v) is 7.30. The van der Waals surface area contributed by atoms with Crippen molar-refractivity contribution in [3.05, 3.63) is 77.4 Å². The molecule has 1 aliphatic rings. The van der Waals surface area contributed by atoms with Crippen LogP contribution in [0.5, 0.6) is 5.75 Å². The highest BCUT2D eigenvalue weighted by molar-refractivity contribution is 7.92. The van der Waals surface area contributed by atoms with Gasteiger partial charge in [0.15, 0.2) is 6.10 Å². The number of sulfonamides is 1. The molecule has 2 heterocycles. The molecule has 3 aromatic rings. The largest absolute Gasteiger partial charge is 0.476 e. The third-order valence-electron chi connectivity index (χ3n) is 6.15. The molecule has 1 N–H and O–H groups in total. The average Bonchev–Trinajstić information content (AvgIpc) is 3.20. The number of aromatic nitrogens is 2. The van der Waals surface area contributed by atoms with Gasteiger partial charge in [-0.05, 0) is 41.2 Å². The van der Waals surface area contributed by atoms with E-state index in [0.29, 0.717) is 18.0 Å². The molecule has 0 saturated carbocycles. The van der Waals surface area contributed by atoms with Gasteiger partial charge in [-0.25, -0.2) is 13.4 Å². The summed E-state index contributed by atoms with van der Waals surface area (Å²) >= 11 is 0. The SMILES string of the molecule is Cc1nccn1Cc1ccc(CNC(=O)C2CN(S(C)(=O)=O)c3cc(C(C)(C)C)ccc3O2)cc1. The number of fused-ring (bicyclic) bond motifs is 1. The highest BCUT2D eigenvalue weighted by Crippen LogP contribution is 2.38. The number of amides is 1. The number of hydrogen-bond acceptors (Lipinski definition) is 5. The zero-order chi connectivity index (χ0) is 25.4. The summed E-state index contributed by atoms with van der Waals surface area (Å²) < 4.78 is 34.4. The predicted octanol–water partition coefficient (Wildman–Crippen LogP) is 3.38. The Balaban J connectivity index is 1.44. The van der Waals surface area contributed by atoms with E-state index in [0.717, 1.165) is 35.3 Å². The minimum absolute atomic E-state index is 0.0749. The van der Waals surface area contributed by atoms with Crippen molar-refractivity contribution in [2.24, 2.45) is 0 Å². The molecule has 186 valence electrons. The fraction of sp³-hybridized carbons (Fsp3) is 0.385. The quantitative estimate of drug-likeness (QED) is 0.565. The summed E-state index contributed by atoms with van der Waals surface area (Å²) in [7, 11) is -3.60. The van der Waals surface area contributed by atoms with Crippen molar-refractivity contribution in [1.29, 1.82) is 0 Å². The Morgan fingerprint density at radius 3 is 2.43 bits per heavy atom. The van der Waals surface area contributed by atoms with Crippen LogP contribution in [0, 0.1) is 6.92 Å². The molecule has 2 aromatic carbocycles. The van der Waals surface area contributed by atoms with Crippen LogP contribution in [0.25, 0.3) is 0 Å². The monoisotopic (exact) mass is 496 g/mol. The molecule has 0 fully saturated rings. The second-order valence-corrected chi connectivity index (χ2v) is 11.9. The molecule has 1 amide bonds. The first-order chi connectivity index (χ1) is 16.4. The van der Waals surface area contributed by atoms with Crippen molar-refractivity contribution >= 4 is 21.6 Å². The first-order valence-electron chi connectivity index (χ1n) is 11.5. The molecule has 1 aromatic heterocycles. The predicted molar refractivity (Wildman–Crippen MR) is 136 cm³/mol. The van der Waals surface area contributed by atoms with Gasteiger partial charge in [-0.2, -0.15) is 0 Å². The Bertz CT molecular complexity index is 1320. The number of imidazole rings is 1. The number of hydrogen-bond donors (Lipinski definition) is 1. The molecule has 1 unspecified atom stereocenters. The van der Waals surface area contributed by atoms with Gasteiger partial charge in [0.05, 0.1) is 18.5 Å². The van der Waals surface area contributed by atoms with Gasteiger partial charge < -0.3 is 14.6 Å². The van der Waals surface area contributed by atoms with Gasteiger partial charge in [0.2, 0.25) is 10.0 Å². The van der Waals surface area contributed by atoms with Gasteiger partial charge >= 0.3 is 0 Å². The first kappa shape index (κ1) is 24.8. The van der Waals surface area contributed by atoms with Crippen molar-refractivity contribution in [2.75, 3.05) is 17.1 Å². The fourth-order valence-electron chi connectivity index (χ4n) is 4.00. The summed E-state index contributed by atoms with van der Waals surface area (Å²) in [6.07, 6.45) is 3.92. The fourth-order valence-corrected chi connectivity index (χ4v) is 4.91. The summed E-state index contributed by atoms with van der Waals surface area (Å²) in [5.41, 5.74) is 3.37. The van der Waals surface area contributed by atoms with E-state index < -0.39 is 16.1 Å². The summed E-state index contributed by atoms with van der Waals surface area (Å²) in [5.74, 6) is 0.976. The summed E-state index contributed by atoms with van der Waals surface area (Å²) in [5, 5.41) is 2.88. The van der Waals surface area contributed by atoms with Crippen LogP contribution in [-0.2, 0) is 33.3 Å². The Hall–Kier alpha value is -3.33. The maximum Gasteiger partial charge on any atom is 0.263 e. The van der Waals surface area contributed by atoms with Crippen LogP contribution in [0.15, 0.2) is 54.9 Å². The Morgan fingerprint density at radius 2 is 1.83 bits per heavy atom. The van der Waals surface area contributed by atoms with Gasteiger partial charge in [0.1, 0.15) is 11.6 Å². The standard InChI is InChI=1S/C26H32N4O4S/c1-18-27-12-13-29(18)16-20-8-6-19(7-9-20)15-28-25(31)24-17-30(35(5,32)33)22-14-21(26(2,3)4)10-11-23(22)34-24/h6-14,24H,15-17H2,1-5H3,(H,28,31). The number of benzene rings is 2. The molecule has 9 heteroatoms. The lowest BCUT2D eigenvalue weighted by Crippen LogP contribution is -2.50. The minimum atomic E-state index is -3.60. The van der Waals surface area contributed by atoms with Gasteiger partial charge in [-0.15, -0.1) is 0 Å². The van der Waals surface area contributed by atoms with E-state index in [1.807, 2.05) is 49.5 Å². The Morgan fingerprint density at radius 1 is 1.14 bits per heavy atom. The Labute approximate surface area is 207 Å². The average molecular weight is 497 g/mol. The van der Waals surface area contributed by atoms with E-state index in [-0.39, 0.29) is 17.9 Å². The molecule has 0 aliphatic carbocycles. The molecule has 0 bridgehead atoms. The van der Waals surface area contributed by atoms with Crippen LogP contribution >= 0.6 is 0 Å². The molecule has 8 nitrogen and oxygen atoms in total. The summed E-state index contributed by atoms with van der Waals surface area (Å²) in [6.45, 7) is 9.11. The second kappa shape index (κ2) is 9.37. The molecular weight excluding hydrogens is 464 g/mol. The van der Waals surface area contributed by atoms with E-state index in [1.165, 1.54) is 4.31 Å². The molecule has 35 heavy (non-hydrogen) atoms. The van der Waals surface area contributed by atoms with Gasteiger partial charge in [-0.1, -0.05) is 51.1 Å². The number of carbonyl (C=O) groups is 1. The first-order valence-corrected chi connectivity index (χ1v) is 13.4. The molecule has 4 rings (SSSR count). The lowest BCUT2D eigenvalue weighted by Gasteiger charge is -2.35. The number of rotatable bonds is 6. The molecule has 0 radical (unpaired) electrons. The number of ether oxygens (including phenoxy) is 1. The van der Waals surface area contributed by atoms with Crippen molar-refractivity contribution in [3.63, 3.8) is 0 Å². The van der Waals surface area contributed by atoms with Crippen molar-refractivity contribution in [2.45, 2.75) is 52.3 Å². The number of anilines is 1. The Kier molecular flexibility index (Phi) is 6.64. The minimum Gasteiger partial charge on any atom is -0.476 e. The number of nitrogens with one attached hydrogen (secondary N) is 1. The topological polar surface area (TPSA) is 93.5 Å². The zero-order valence-corrected chi connectivity index (χ0v) is 21.6. The van der Waals surface area contributed by atoms with Crippen molar-refractivity contribution in [3.8, 4) is 5.75 Å². The summed E-state index contributed by atoms with van der Waals surface area (Å²) in [6, 6.07) is 13.5. The van der Waals surface area contributed by atoms with Crippen molar-refractivity contribution in [1.82, 2.24) is 14.9 Å². The van der Waals surface area contributed by atoms with E-state index >= 15 is 0 Å². The van der Waals surface area contributed by atoms with Crippen LogP contribution in [-0.4, -0.2) is 42.8 Å². The van der Waals surface area contributed by atoms with Crippen LogP contribution in [0.3, 0.4) is 0 Å². The van der Waals surface area contributed by atoms with E-state index in [1.54, 1.807) is 12.3 Å². The molecule has 1 atom stereocenters. The van der Waals surface area contributed by atoms with E-state index in [9.17, 15) is 13.2 Å². The molecule has 0 saturated heterocycles. The summed E-state index contributed by atoms with van der Waals surface area (Å²) in [4.78, 5) is 17.2. The number of aryl methyl sites for hydroxylation is 1. The maximum atomic E-state index is 12.9. The van der Waals surface area contributed by atoms with Crippen LogP contribution in [0.1, 0.15) is 43.3 Å². The van der Waals surface area contributed by atoms with E-state index in [4.69, 9.17) is 4.74 Å². The smallest absolute Gasteiger partial charge is 0.263 e. The number of carbonyl (C=O) groups excluding carboxylic acids is 1.